The third-order valence-corrected chi connectivity index (χ3v) is 3.52. The number of rotatable bonds is 8. The van der Waals surface area contributed by atoms with Gasteiger partial charge in [-0.05, 0) is 25.7 Å². The molecule has 0 heterocycles. The molecule has 0 amide bonds. The molecule has 18 heavy (non-hydrogen) atoms. The zero-order chi connectivity index (χ0) is 13.1. The van der Waals surface area contributed by atoms with Crippen LogP contribution in [0.25, 0.3) is 0 Å². The highest BCUT2D eigenvalue weighted by Crippen LogP contribution is 2.25. The first kappa shape index (κ1) is 15.3. The molecule has 0 unspecified atom stereocenters. The van der Waals surface area contributed by atoms with E-state index in [-0.39, 0.29) is 0 Å². The fraction of sp³-hybridized carbons (Fsp3) is 0.929. The van der Waals surface area contributed by atoms with Gasteiger partial charge in [0.2, 0.25) is 0 Å². The molecular formula is C14H29N3O. The second kappa shape index (κ2) is 10.2. The average Bonchev–Trinajstić information content (AvgIpc) is 2.40. The molecule has 1 rings (SSSR count). The molecule has 0 atom stereocenters. The molecule has 4 heteroatoms. The van der Waals surface area contributed by atoms with Crippen molar-refractivity contribution in [3.05, 3.63) is 0 Å². The van der Waals surface area contributed by atoms with Crippen LogP contribution >= 0.6 is 0 Å². The van der Waals surface area contributed by atoms with Gasteiger partial charge in [-0.25, -0.2) is 0 Å². The zero-order valence-corrected chi connectivity index (χ0v) is 11.8. The van der Waals surface area contributed by atoms with Crippen LogP contribution in [-0.4, -0.2) is 32.3 Å². The Kier molecular flexibility index (Phi) is 8.65. The quantitative estimate of drug-likeness (QED) is 0.397. The molecular weight excluding hydrogens is 226 g/mol. The lowest BCUT2D eigenvalue weighted by Gasteiger charge is -2.21. The van der Waals surface area contributed by atoms with Crippen LogP contribution in [0, 0.1) is 5.92 Å². The Morgan fingerprint density at radius 1 is 1.33 bits per heavy atom. The smallest absolute Gasteiger partial charge is 0.188 e. The summed E-state index contributed by atoms with van der Waals surface area (Å²) in [6.07, 6.45) is 9.21. The number of nitrogens with zero attached hydrogens (tertiary/aromatic N) is 1. The Hall–Kier alpha value is -0.770. The summed E-state index contributed by atoms with van der Waals surface area (Å²) in [7, 11) is 0. The second-order valence-electron chi connectivity index (χ2n) is 5.04. The van der Waals surface area contributed by atoms with Crippen molar-refractivity contribution < 1.29 is 4.74 Å². The fourth-order valence-electron chi connectivity index (χ4n) is 2.45. The van der Waals surface area contributed by atoms with Crippen molar-refractivity contribution in [2.45, 2.75) is 51.9 Å². The molecule has 1 saturated carbocycles. The van der Waals surface area contributed by atoms with Crippen LogP contribution in [-0.2, 0) is 4.74 Å². The maximum atomic E-state index is 5.80. The van der Waals surface area contributed by atoms with Crippen LogP contribution in [0.2, 0.25) is 0 Å². The first-order valence-electron chi connectivity index (χ1n) is 7.44. The Morgan fingerprint density at radius 3 is 2.83 bits per heavy atom. The van der Waals surface area contributed by atoms with Gasteiger partial charge >= 0.3 is 0 Å². The number of hydrogen-bond acceptors (Lipinski definition) is 2. The van der Waals surface area contributed by atoms with Crippen molar-refractivity contribution in [1.82, 2.24) is 5.32 Å². The van der Waals surface area contributed by atoms with E-state index in [1.165, 1.54) is 38.5 Å². The summed E-state index contributed by atoms with van der Waals surface area (Å²) in [5.74, 6) is 1.49. The summed E-state index contributed by atoms with van der Waals surface area (Å²) >= 11 is 0. The predicted molar refractivity (Wildman–Crippen MR) is 76.8 cm³/mol. The van der Waals surface area contributed by atoms with E-state index in [0.717, 1.165) is 38.6 Å². The van der Waals surface area contributed by atoms with Crippen LogP contribution in [0.3, 0.4) is 0 Å². The summed E-state index contributed by atoms with van der Waals surface area (Å²) in [4.78, 5) is 4.28. The van der Waals surface area contributed by atoms with Gasteiger partial charge in [0.05, 0.1) is 0 Å². The monoisotopic (exact) mass is 255 g/mol. The summed E-state index contributed by atoms with van der Waals surface area (Å²) in [6.45, 7) is 5.27. The van der Waals surface area contributed by atoms with Crippen LogP contribution < -0.4 is 11.1 Å². The molecule has 1 aliphatic carbocycles. The molecule has 3 N–H and O–H groups in total. The summed E-state index contributed by atoms with van der Waals surface area (Å²) < 4.78 is 5.25. The SMILES string of the molecule is CCOCCCN=C(N)NCCC1CCCCC1. The van der Waals surface area contributed by atoms with Crippen molar-refractivity contribution in [2.24, 2.45) is 16.6 Å². The van der Waals surface area contributed by atoms with E-state index in [2.05, 4.69) is 10.3 Å². The highest BCUT2D eigenvalue weighted by molar-refractivity contribution is 5.77. The lowest BCUT2D eigenvalue weighted by molar-refractivity contribution is 0.146. The van der Waals surface area contributed by atoms with E-state index < -0.39 is 0 Å². The van der Waals surface area contributed by atoms with Gasteiger partial charge in [-0.2, -0.15) is 0 Å². The van der Waals surface area contributed by atoms with E-state index in [1.54, 1.807) is 0 Å². The topological polar surface area (TPSA) is 59.6 Å². The maximum absolute atomic E-state index is 5.80. The molecule has 0 aromatic carbocycles. The largest absolute Gasteiger partial charge is 0.382 e. The van der Waals surface area contributed by atoms with Crippen molar-refractivity contribution in [3.63, 3.8) is 0 Å². The van der Waals surface area contributed by atoms with E-state index >= 15 is 0 Å². The standard InChI is InChI=1S/C14H29N3O/c1-2-18-12-6-10-16-14(15)17-11-9-13-7-4-3-5-8-13/h13H,2-12H2,1H3,(H3,15,16,17). The maximum Gasteiger partial charge on any atom is 0.188 e. The van der Waals surface area contributed by atoms with E-state index in [4.69, 9.17) is 10.5 Å². The first-order valence-corrected chi connectivity index (χ1v) is 7.44. The molecule has 0 aromatic rings. The highest BCUT2D eigenvalue weighted by Gasteiger charge is 2.12. The van der Waals surface area contributed by atoms with Gasteiger partial charge in [-0.1, -0.05) is 32.1 Å². The number of guanidine groups is 1. The Balaban J connectivity index is 1.97. The van der Waals surface area contributed by atoms with Crippen molar-refractivity contribution >= 4 is 5.96 Å². The third-order valence-electron chi connectivity index (χ3n) is 3.52. The minimum Gasteiger partial charge on any atom is -0.382 e. The first-order chi connectivity index (χ1) is 8.83. The number of nitrogens with one attached hydrogen (secondary N) is 1. The van der Waals surface area contributed by atoms with Crippen molar-refractivity contribution in [1.29, 1.82) is 0 Å². The lowest BCUT2D eigenvalue weighted by Crippen LogP contribution is -2.33. The number of aliphatic imine (C=N–C) groups is 1. The minimum atomic E-state index is 0.585. The van der Waals surface area contributed by atoms with E-state index in [1.807, 2.05) is 6.92 Å². The molecule has 0 bridgehead atoms. The molecule has 1 fully saturated rings. The van der Waals surface area contributed by atoms with Gasteiger partial charge in [0.1, 0.15) is 0 Å². The number of hydrogen-bond donors (Lipinski definition) is 2. The molecule has 1 aliphatic rings. The van der Waals surface area contributed by atoms with Crippen molar-refractivity contribution in [2.75, 3.05) is 26.3 Å². The fourth-order valence-corrected chi connectivity index (χ4v) is 2.45. The normalized spacial score (nSPS) is 17.9. The summed E-state index contributed by atoms with van der Waals surface area (Å²) in [5, 5.41) is 3.21. The van der Waals surface area contributed by atoms with Gasteiger partial charge in [-0.3, -0.25) is 4.99 Å². The molecule has 106 valence electrons. The van der Waals surface area contributed by atoms with Crippen LogP contribution in [0.4, 0.5) is 0 Å². The van der Waals surface area contributed by atoms with Gasteiger partial charge < -0.3 is 15.8 Å². The zero-order valence-electron chi connectivity index (χ0n) is 11.8. The Morgan fingerprint density at radius 2 is 2.11 bits per heavy atom. The molecule has 4 nitrogen and oxygen atoms in total. The predicted octanol–water partition coefficient (Wildman–Crippen LogP) is 2.29. The summed E-state index contributed by atoms with van der Waals surface area (Å²) in [6, 6.07) is 0. The van der Waals surface area contributed by atoms with E-state index in [0.29, 0.717) is 5.96 Å². The highest BCUT2D eigenvalue weighted by atomic mass is 16.5. The van der Waals surface area contributed by atoms with Gasteiger partial charge in [-0.15, -0.1) is 0 Å². The molecule has 0 spiro atoms. The third kappa shape index (κ3) is 7.54. The van der Waals surface area contributed by atoms with Gasteiger partial charge in [0.25, 0.3) is 0 Å². The van der Waals surface area contributed by atoms with Gasteiger partial charge in [0, 0.05) is 26.3 Å². The van der Waals surface area contributed by atoms with Crippen LogP contribution in [0.1, 0.15) is 51.9 Å². The molecule has 0 aliphatic heterocycles. The van der Waals surface area contributed by atoms with Crippen LogP contribution in [0.15, 0.2) is 4.99 Å². The molecule has 0 aromatic heterocycles. The van der Waals surface area contributed by atoms with E-state index in [9.17, 15) is 0 Å². The van der Waals surface area contributed by atoms with Gasteiger partial charge in [0.15, 0.2) is 5.96 Å². The Labute approximate surface area is 111 Å². The average molecular weight is 255 g/mol. The molecule has 0 saturated heterocycles. The minimum absolute atomic E-state index is 0.585. The number of ether oxygens (including phenoxy) is 1. The summed E-state index contributed by atoms with van der Waals surface area (Å²) in [5.41, 5.74) is 5.80. The second-order valence-corrected chi connectivity index (χ2v) is 5.04. The molecule has 0 radical (unpaired) electrons. The lowest BCUT2D eigenvalue weighted by atomic mass is 9.87. The van der Waals surface area contributed by atoms with Crippen LogP contribution in [0.5, 0.6) is 0 Å². The van der Waals surface area contributed by atoms with Crippen molar-refractivity contribution in [3.8, 4) is 0 Å². The Bertz CT molecular complexity index is 225. The number of nitrogens with two attached hydrogens (primary N) is 1.